The normalized spacial score (nSPS) is 17.7. The molecule has 0 atom stereocenters. The number of anilines is 1. The van der Waals surface area contributed by atoms with Crippen LogP contribution in [-0.4, -0.2) is 23.9 Å². The number of nitrogens with zero attached hydrogens (tertiary/aromatic N) is 1. The van der Waals surface area contributed by atoms with Crippen molar-refractivity contribution >= 4 is 24.0 Å². The molecule has 1 aromatic carbocycles. The number of benzene rings is 1. The Morgan fingerprint density at radius 3 is 2.11 bits per heavy atom. The summed E-state index contributed by atoms with van der Waals surface area (Å²) in [4.78, 5) is 14.6. The van der Waals surface area contributed by atoms with E-state index in [0.29, 0.717) is 11.3 Å². The van der Waals surface area contributed by atoms with E-state index in [1.54, 1.807) is 6.07 Å². The van der Waals surface area contributed by atoms with Crippen LogP contribution in [0.25, 0.3) is 0 Å². The fraction of sp³-hybridized carbons (Fsp3) is 0.533. The fourth-order valence-corrected chi connectivity index (χ4v) is 2.33. The summed E-state index contributed by atoms with van der Waals surface area (Å²) >= 11 is 0. The molecule has 0 bridgehead atoms. The summed E-state index contributed by atoms with van der Waals surface area (Å²) in [6, 6.07) is 7.40. The average Bonchev–Trinajstić information content (AvgIpc) is 3.23. The Labute approximate surface area is 120 Å². The quantitative estimate of drug-likeness (QED) is 0.843. The van der Waals surface area contributed by atoms with Gasteiger partial charge in [-0.15, -0.1) is 12.4 Å². The summed E-state index contributed by atoms with van der Waals surface area (Å²) in [6.07, 6.45) is 5.11. The molecule has 2 saturated carbocycles. The van der Waals surface area contributed by atoms with Crippen LogP contribution >= 0.6 is 12.4 Å². The van der Waals surface area contributed by atoms with Crippen molar-refractivity contribution in [2.24, 2.45) is 11.8 Å². The summed E-state index contributed by atoms with van der Waals surface area (Å²) in [5.41, 5.74) is 7.17. The lowest BCUT2D eigenvalue weighted by molar-refractivity contribution is 0.0740. The molecule has 104 valence electrons. The molecule has 1 aromatic rings. The molecule has 2 aliphatic rings. The molecule has 0 saturated heterocycles. The van der Waals surface area contributed by atoms with E-state index in [-0.39, 0.29) is 18.3 Å². The minimum atomic E-state index is 0. The molecule has 3 rings (SSSR count). The number of amides is 1. The van der Waals surface area contributed by atoms with Gasteiger partial charge in [0.25, 0.3) is 5.91 Å². The number of nitrogen functional groups attached to an aromatic ring is 1. The molecular formula is C15H21ClN2O. The van der Waals surface area contributed by atoms with Crippen LogP contribution in [0, 0.1) is 11.8 Å². The number of rotatable bonds is 5. The number of para-hydroxylation sites is 1. The maximum atomic E-state index is 12.5. The third-order valence-electron chi connectivity index (χ3n) is 3.83. The maximum absolute atomic E-state index is 12.5. The summed E-state index contributed by atoms with van der Waals surface area (Å²) < 4.78 is 0. The lowest BCUT2D eigenvalue weighted by atomic mass is 10.1. The van der Waals surface area contributed by atoms with Crippen LogP contribution in [-0.2, 0) is 0 Å². The second kappa shape index (κ2) is 5.83. The molecular weight excluding hydrogens is 260 g/mol. The molecule has 2 fully saturated rings. The van der Waals surface area contributed by atoms with Gasteiger partial charge in [-0.05, 0) is 49.7 Å². The van der Waals surface area contributed by atoms with Gasteiger partial charge < -0.3 is 10.6 Å². The predicted molar refractivity (Wildman–Crippen MR) is 79.5 cm³/mol. The van der Waals surface area contributed by atoms with Crippen molar-refractivity contribution in [3.63, 3.8) is 0 Å². The molecule has 0 aromatic heterocycles. The molecule has 4 heteroatoms. The highest BCUT2D eigenvalue weighted by molar-refractivity contribution is 5.99. The van der Waals surface area contributed by atoms with Gasteiger partial charge in [0.1, 0.15) is 0 Å². The highest BCUT2D eigenvalue weighted by Gasteiger charge is 2.32. The van der Waals surface area contributed by atoms with Gasteiger partial charge in [-0.25, -0.2) is 0 Å². The number of halogens is 1. The zero-order valence-electron chi connectivity index (χ0n) is 11.0. The number of carbonyl (C=O) groups excluding carboxylic acids is 1. The molecule has 0 spiro atoms. The van der Waals surface area contributed by atoms with Crippen LogP contribution in [0.3, 0.4) is 0 Å². The van der Waals surface area contributed by atoms with Crippen LogP contribution in [0.4, 0.5) is 5.69 Å². The van der Waals surface area contributed by atoms with Gasteiger partial charge in [-0.3, -0.25) is 4.79 Å². The first-order chi connectivity index (χ1) is 8.74. The van der Waals surface area contributed by atoms with Crippen molar-refractivity contribution in [2.75, 3.05) is 18.8 Å². The molecule has 0 aliphatic heterocycles. The molecule has 2 aliphatic carbocycles. The van der Waals surface area contributed by atoms with Crippen molar-refractivity contribution in [3.05, 3.63) is 29.8 Å². The van der Waals surface area contributed by atoms with Gasteiger partial charge in [0, 0.05) is 18.8 Å². The third kappa shape index (κ3) is 3.63. The fourth-order valence-electron chi connectivity index (χ4n) is 2.33. The van der Waals surface area contributed by atoms with Crippen molar-refractivity contribution in [3.8, 4) is 0 Å². The highest BCUT2D eigenvalue weighted by Crippen LogP contribution is 2.34. The second-order valence-electron chi connectivity index (χ2n) is 5.68. The molecule has 1 amide bonds. The van der Waals surface area contributed by atoms with E-state index in [2.05, 4.69) is 0 Å². The Kier molecular flexibility index (Phi) is 4.35. The monoisotopic (exact) mass is 280 g/mol. The maximum Gasteiger partial charge on any atom is 0.255 e. The topological polar surface area (TPSA) is 46.3 Å². The smallest absolute Gasteiger partial charge is 0.255 e. The Morgan fingerprint density at radius 1 is 1.11 bits per heavy atom. The predicted octanol–water partition coefficient (Wildman–Crippen LogP) is 2.95. The van der Waals surface area contributed by atoms with E-state index in [0.717, 1.165) is 24.9 Å². The van der Waals surface area contributed by atoms with Crippen LogP contribution in [0.15, 0.2) is 24.3 Å². The number of nitrogens with two attached hydrogens (primary N) is 1. The Bertz CT molecular complexity index is 441. The van der Waals surface area contributed by atoms with Gasteiger partial charge in [0.2, 0.25) is 0 Å². The highest BCUT2D eigenvalue weighted by atomic mass is 35.5. The SMILES string of the molecule is Cl.Nc1ccccc1C(=O)N(CC1CC1)CC1CC1. The minimum absolute atomic E-state index is 0. The molecule has 0 radical (unpaired) electrons. The van der Waals surface area contributed by atoms with Gasteiger partial charge in [0.05, 0.1) is 5.56 Å². The molecule has 3 nitrogen and oxygen atoms in total. The average molecular weight is 281 g/mol. The minimum Gasteiger partial charge on any atom is -0.398 e. The molecule has 2 N–H and O–H groups in total. The van der Waals surface area contributed by atoms with E-state index in [4.69, 9.17) is 5.73 Å². The standard InChI is InChI=1S/C15H20N2O.ClH/c16-14-4-2-1-3-13(14)15(18)17(9-11-5-6-11)10-12-7-8-12;/h1-4,11-12H,5-10,16H2;1H. The first-order valence-electron chi connectivity index (χ1n) is 6.88. The van der Waals surface area contributed by atoms with E-state index < -0.39 is 0 Å². The van der Waals surface area contributed by atoms with E-state index in [1.807, 2.05) is 23.1 Å². The third-order valence-corrected chi connectivity index (χ3v) is 3.83. The summed E-state index contributed by atoms with van der Waals surface area (Å²) in [6.45, 7) is 1.84. The van der Waals surface area contributed by atoms with Gasteiger partial charge >= 0.3 is 0 Å². The van der Waals surface area contributed by atoms with E-state index in [9.17, 15) is 4.79 Å². The summed E-state index contributed by atoms with van der Waals surface area (Å²) in [5, 5.41) is 0. The Balaban J connectivity index is 0.00000133. The lowest BCUT2D eigenvalue weighted by Crippen LogP contribution is -2.35. The Hall–Kier alpha value is -1.22. The van der Waals surface area contributed by atoms with Crippen LogP contribution < -0.4 is 5.73 Å². The largest absolute Gasteiger partial charge is 0.398 e. The summed E-state index contributed by atoms with van der Waals surface area (Å²) in [7, 11) is 0. The van der Waals surface area contributed by atoms with Gasteiger partial charge in [-0.1, -0.05) is 12.1 Å². The van der Waals surface area contributed by atoms with Crippen molar-refractivity contribution in [1.29, 1.82) is 0 Å². The number of hydrogen-bond acceptors (Lipinski definition) is 2. The van der Waals surface area contributed by atoms with Crippen molar-refractivity contribution in [2.45, 2.75) is 25.7 Å². The molecule has 0 heterocycles. The van der Waals surface area contributed by atoms with Crippen molar-refractivity contribution in [1.82, 2.24) is 4.90 Å². The van der Waals surface area contributed by atoms with E-state index in [1.165, 1.54) is 25.7 Å². The van der Waals surface area contributed by atoms with Crippen molar-refractivity contribution < 1.29 is 4.79 Å². The zero-order chi connectivity index (χ0) is 12.5. The molecule has 19 heavy (non-hydrogen) atoms. The van der Waals surface area contributed by atoms with E-state index >= 15 is 0 Å². The first kappa shape index (κ1) is 14.2. The van der Waals surface area contributed by atoms with Crippen LogP contribution in [0.1, 0.15) is 36.0 Å². The molecule has 0 unspecified atom stereocenters. The van der Waals surface area contributed by atoms with Gasteiger partial charge in [-0.2, -0.15) is 0 Å². The van der Waals surface area contributed by atoms with Gasteiger partial charge in [0.15, 0.2) is 0 Å². The number of hydrogen-bond donors (Lipinski definition) is 1. The lowest BCUT2D eigenvalue weighted by Gasteiger charge is -2.23. The van der Waals surface area contributed by atoms with Crippen LogP contribution in [0.2, 0.25) is 0 Å². The Morgan fingerprint density at radius 2 is 1.63 bits per heavy atom. The van der Waals surface area contributed by atoms with Crippen LogP contribution in [0.5, 0.6) is 0 Å². The summed E-state index contributed by atoms with van der Waals surface area (Å²) in [5.74, 6) is 1.59. The first-order valence-corrected chi connectivity index (χ1v) is 6.88. The number of carbonyl (C=O) groups is 1. The zero-order valence-corrected chi connectivity index (χ0v) is 11.9. The second-order valence-corrected chi connectivity index (χ2v) is 5.68.